The molecule has 2 nitrogen and oxygen atoms in total. The number of rotatable bonds is 3. The summed E-state index contributed by atoms with van der Waals surface area (Å²) in [6.45, 7) is 9.02. The lowest BCUT2D eigenvalue weighted by Gasteiger charge is -2.43. The van der Waals surface area contributed by atoms with E-state index in [2.05, 4.69) is 52.0 Å². The van der Waals surface area contributed by atoms with Crippen molar-refractivity contribution in [2.75, 3.05) is 7.11 Å². The molecule has 2 N–H and O–H groups in total. The summed E-state index contributed by atoms with van der Waals surface area (Å²) >= 11 is 0. The van der Waals surface area contributed by atoms with Crippen LogP contribution in [0.15, 0.2) is 24.3 Å². The number of nitrogens with two attached hydrogens (primary N) is 1. The maximum atomic E-state index is 6.61. The molecule has 2 rings (SSSR count). The molecule has 21 heavy (non-hydrogen) atoms. The predicted molar refractivity (Wildman–Crippen MR) is 89.4 cm³/mol. The molecular weight excluding hydrogens is 258 g/mol. The van der Waals surface area contributed by atoms with Crippen LogP contribution in [0, 0.1) is 5.92 Å². The number of methoxy groups -OCH3 is 1. The Morgan fingerprint density at radius 1 is 1.24 bits per heavy atom. The van der Waals surface area contributed by atoms with Gasteiger partial charge in [-0.2, -0.15) is 0 Å². The average molecular weight is 289 g/mol. The Kier molecular flexibility index (Phi) is 4.79. The van der Waals surface area contributed by atoms with Gasteiger partial charge < -0.3 is 10.5 Å². The molecule has 3 atom stereocenters. The minimum atomic E-state index is -0.194. The van der Waals surface area contributed by atoms with Crippen molar-refractivity contribution >= 4 is 0 Å². The van der Waals surface area contributed by atoms with E-state index >= 15 is 0 Å². The predicted octanol–water partition coefficient (Wildman–Crippen LogP) is 4.58. The average Bonchev–Trinajstić information content (AvgIpc) is 2.45. The van der Waals surface area contributed by atoms with Crippen molar-refractivity contribution < 1.29 is 4.74 Å². The summed E-state index contributed by atoms with van der Waals surface area (Å²) in [5.74, 6) is 0.693. The van der Waals surface area contributed by atoms with Crippen molar-refractivity contribution in [1.82, 2.24) is 0 Å². The van der Waals surface area contributed by atoms with Crippen molar-refractivity contribution in [2.24, 2.45) is 11.7 Å². The smallest absolute Gasteiger partial charge is 0.0872 e. The summed E-state index contributed by atoms with van der Waals surface area (Å²) in [6, 6.07) is 8.76. The second-order valence-corrected chi connectivity index (χ2v) is 7.82. The van der Waals surface area contributed by atoms with Crippen LogP contribution in [0.2, 0.25) is 0 Å². The number of hydrogen-bond acceptors (Lipinski definition) is 2. The highest BCUT2D eigenvalue weighted by Gasteiger charge is 2.41. The number of benzene rings is 1. The van der Waals surface area contributed by atoms with Crippen LogP contribution in [-0.2, 0) is 10.2 Å². The second-order valence-electron chi connectivity index (χ2n) is 7.82. The molecule has 1 saturated carbocycles. The first-order chi connectivity index (χ1) is 9.78. The molecule has 3 unspecified atom stereocenters. The van der Waals surface area contributed by atoms with Gasteiger partial charge in [-0.25, -0.2) is 0 Å². The van der Waals surface area contributed by atoms with E-state index in [0.717, 1.165) is 12.8 Å². The topological polar surface area (TPSA) is 35.2 Å². The first-order valence-electron chi connectivity index (χ1n) is 8.20. The van der Waals surface area contributed by atoms with E-state index in [1.165, 1.54) is 24.0 Å². The van der Waals surface area contributed by atoms with Crippen LogP contribution in [0.3, 0.4) is 0 Å². The molecule has 0 spiro atoms. The summed E-state index contributed by atoms with van der Waals surface area (Å²) < 4.78 is 5.94. The van der Waals surface area contributed by atoms with Gasteiger partial charge in [-0.15, -0.1) is 0 Å². The van der Waals surface area contributed by atoms with E-state index in [0.29, 0.717) is 5.92 Å². The van der Waals surface area contributed by atoms with Crippen LogP contribution in [-0.4, -0.2) is 12.7 Å². The molecule has 1 aliphatic carbocycles. The van der Waals surface area contributed by atoms with Crippen LogP contribution < -0.4 is 5.73 Å². The second kappa shape index (κ2) is 6.10. The van der Waals surface area contributed by atoms with Crippen LogP contribution in [0.1, 0.15) is 70.5 Å². The first kappa shape index (κ1) is 16.5. The van der Waals surface area contributed by atoms with E-state index < -0.39 is 0 Å². The molecule has 0 amide bonds. The van der Waals surface area contributed by atoms with Crippen molar-refractivity contribution in [2.45, 2.75) is 70.4 Å². The largest absolute Gasteiger partial charge is 0.376 e. The van der Waals surface area contributed by atoms with Crippen LogP contribution in [0.5, 0.6) is 0 Å². The van der Waals surface area contributed by atoms with Crippen LogP contribution in [0.4, 0.5) is 0 Å². The maximum absolute atomic E-state index is 6.61. The first-order valence-corrected chi connectivity index (χ1v) is 8.20. The standard InChI is InChI=1S/C19H31NO/c1-14-7-6-12-19(13-14,21-5)17(20)15-8-10-16(11-9-15)18(2,3)4/h8-11,14,17H,6-7,12-13,20H2,1-5H3. The lowest BCUT2D eigenvalue weighted by molar-refractivity contribution is -0.0718. The molecule has 1 fully saturated rings. The van der Waals surface area contributed by atoms with Gasteiger partial charge in [0, 0.05) is 7.11 Å². The Bertz CT molecular complexity index is 459. The molecule has 0 radical (unpaired) electrons. The monoisotopic (exact) mass is 289 g/mol. The van der Waals surface area contributed by atoms with Crippen LogP contribution in [0.25, 0.3) is 0 Å². The van der Waals surface area contributed by atoms with Crippen LogP contribution >= 0.6 is 0 Å². The minimum absolute atomic E-state index is 0.0423. The summed E-state index contributed by atoms with van der Waals surface area (Å²) in [5.41, 5.74) is 9.14. The third kappa shape index (κ3) is 3.49. The normalized spacial score (nSPS) is 28.4. The van der Waals surface area contributed by atoms with Gasteiger partial charge in [0.25, 0.3) is 0 Å². The molecule has 1 aromatic carbocycles. The minimum Gasteiger partial charge on any atom is -0.376 e. The Hall–Kier alpha value is -0.860. The highest BCUT2D eigenvalue weighted by Crippen LogP contribution is 2.42. The molecule has 0 aliphatic heterocycles. The molecular formula is C19H31NO. The summed E-state index contributed by atoms with van der Waals surface area (Å²) in [7, 11) is 1.82. The fourth-order valence-corrected chi connectivity index (χ4v) is 3.63. The third-order valence-corrected chi connectivity index (χ3v) is 5.10. The summed E-state index contributed by atoms with van der Waals surface area (Å²) in [4.78, 5) is 0. The van der Waals surface area contributed by atoms with Crippen molar-refractivity contribution in [3.8, 4) is 0 Å². The Labute approximate surface area is 130 Å². The third-order valence-electron chi connectivity index (χ3n) is 5.10. The van der Waals surface area contributed by atoms with Gasteiger partial charge in [0.2, 0.25) is 0 Å². The quantitative estimate of drug-likeness (QED) is 0.884. The fraction of sp³-hybridized carbons (Fsp3) is 0.684. The zero-order valence-corrected chi connectivity index (χ0v) is 14.3. The summed E-state index contributed by atoms with van der Waals surface area (Å²) in [5, 5.41) is 0. The van der Waals surface area contributed by atoms with E-state index in [1.54, 1.807) is 0 Å². The Morgan fingerprint density at radius 2 is 1.86 bits per heavy atom. The van der Waals surface area contributed by atoms with Gasteiger partial charge in [-0.1, -0.05) is 64.8 Å². The zero-order valence-electron chi connectivity index (χ0n) is 14.3. The molecule has 1 aromatic rings. The van der Waals surface area contributed by atoms with E-state index in [-0.39, 0.29) is 17.1 Å². The SMILES string of the molecule is COC1(C(N)c2ccc(C(C)(C)C)cc2)CCCC(C)C1. The van der Waals surface area contributed by atoms with Gasteiger partial charge in [0.15, 0.2) is 0 Å². The molecule has 0 bridgehead atoms. The fourth-order valence-electron chi connectivity index (χ4n) is 3.63. The lowest BCUT2D eigenvalue weighted by Crippen LogP contribution is -2.46. The van der Waals surface area contributed by atoms with Gasteiger partial charge in [-0.3, -0.25) is 0 Å². The Balaban J connectivity index is 2.23. The van der Waals surface area contributed by atoms with Gasteiger partial charge in [0.1, 0.15) is 0 Å². The van der Waals surface area contributed by atoms with Crippen molar-refractivity contribution in [3.05, 3.63) is 35.4 Å². The van der Waals surface area contributed by atoms with E-state index in [4.69, 9.17) is 10.5 Å². The molecule has 2 heteroatoms. The highest BCUT2D eigenvalue weighted by atomic mass is 16.5. The van der Waals surface area contributed by atoms with Gasteiger partial charge >= 0.3 is 0 Å². The van der Waals surface area contributed by atoms with E-state index in [9.17, 15) is 0 Å². The zero-order chi connectivity index (χ0) is 15.7. The van der Waals surface area contributed by atoms with Gasteiger partial charge in [0.05, 0.1) is 11.6 Å². The molecule has 1 aliphatic rings. The molecule has 0 aromatic heterocycles. The van der Waals surface area contributed by atoms with E-state index in [1.807, 2.05) is 7.11 Å². The van der Waals surface area contributed by atoms with Crippen molar-refractivity contribution in [1.29, 1.82) is 0 Å². The lowest BCUT2D eigenvalue weighted by atomic mass is 9.73. The van der Waals surface area contributed by atoms with Gasteiger partial charge in [-0.05, 0) is 35.3 Å². The number of hydrogen-bond donors (Lipinski definition) is 1. The maximum Gasteiger partial charge on any atom is 0.0872 e. The summed E-state index contributed by atoms with van der Waals surface area (Å²) in [6.07, 6.45) is 4.63. The highest BCUT2D eigenvalue weighted by molar-refractivity contribution is 5.30. The molecule has 0 heterocycles. The molecule has 118 valence electrons. The Morgan fingerprint density at radius 3 is 2.33 bits per heavy atom. The van der Waals surface area contributed by atoms with Crippen molar-refractivity contribution in [3.63, 3.8) is 0 Å². The molecule has 0 saturated heterocycles. The number of ether oxygens (including phenoxy) is 1.